The molecule has 2 aromatic carbocycles. The summed E-state index contributed by atoms with van der Waals surface area (Å²) in [6.45, 7) is 0. The van der Waals surface area contributed by atoms with E-state index >= 15 is 0 Å². The quantitative estimate of drug-likeness (QED) is 0.718. The van der Waals surface area contributed by atoms with Crippen LogP contribution in [0.25, 0.3) is 10.2 Å². The fourth-order valence-corrected chi connectivity index (χ4v) is 3.45. The molecule has 20 heavy (non-hydrogen) atoms. The lowest BCUT2D eigenvalue weighted by molar-refractivity contribution is 0.485. The Balaban J connectivity index is 1.72. The number of nitrogens with two attached hydrogens (primary N) is 1. The number of hydrogen-bond acceptors (Lipinski definition) is 4. The molecule has 1 aromatic heterocycles. The Morgan fingerprint density at radius 3 is 2.95 bits per heavy atom. The SMILES string of the molecule is Nc1c(Oc2ccc3c(c2)CCC3)ccc2scnc12. The van der Waals surface area contributed by atoms with E-state index in [1.807, 2.05) is 18.2 Å². The normalized spacial score (nSPS) is 13.6. The molecule has 0 spiro atoms. The smallest absolute Gasteiger partial charge is 0.152 e. The van der Waals surface area contributed by atoms with Crippen LogP contribution in [0.5, 0.6) is 11.5 Å². The number of nitrogen functional groups attached to an aromatic ring is 1. The van der Waals surface area contributed by atoms with Crippen molar-refractivity contribution in [2.24, 2.45) is 0 Å². The summed E-state index contributed by atoms with van der Waals surface area (Å²) in [5.74, 6) is 1.54. The van der Waals surface area contributed by atoms with Crippen LogP contribution in [0, 0.1) is 0 Å². The zero-order valence-corrected chi connectivity index (χ0v) is 11.7. The maximum absolute atomic E-state index is 6.14. The molecule has 0 radical (unpaired) electrons. The third kappa shape index (κ3) is 1.84. The molecule has 0 amide bonds. The van der Waals surface area contributed by atoms with Gasteiger partial charge in [0, 0.05) is 0 Å². The molecule has 4 rings (SSSR count). The monoisotopic (exact) mass is 282 g/mol. The number of aryl methyl sites for hydroxylation is 2. The second-order valence-corrected chi connectivity index (χ2v) is 5.95. The van der Waals surface area contributed by atoms with Crippen molar-refractivity contribution in [1.82, 2.24) is 4.98 Å². The van der Waals surface area contributed by atoms with E-state index in [2.05, 4.69) is 17.1 Å². The zero-order chi connectivity index (χ0) is 13.5. The highest BCUT2D eigenvalue weighted by molar-refractivity contribution is 7.16. The van der Waals surface area contributed by atoms with Crippen LogP contribution in [-0.2, 0) is 12.8 Å². The molecular weight excluding hydrogens is 268 g/mol. The van der Waals surface area contributed by atoms with Gasteiger partial charge in [0.15, 0.2) is 5.75 Å². The average molecular weight is 282 g/mol. The molecule has 0 bridgehead atoms. The molecule has 3 nitrogen and oxygen atoms in total. The molecule has 0 saturated heterocycles. The standard InChI is InChI=1S/C16H14N2OS/c17-15-13(6-7-14-16(15)18-9-20-14)19-12-5-4-10-2-1-3-11(10)8-12/h4-9H,1-3,17H2. The Labute approximate surface area is 121 Å². The molecular formula is C16H14N2OS. The molecule has 1 aliphatic rings. The number of benzene rings is 2. The highest BCUT2D eigenvalue weighted by atomic mass is 32.1. The molecule has 1 aliphatic carbocycles. The maximum Gasteiger partial charge on any atom is 0.152 e. The van der Waals surface area contributed by atoms with Crippen LogP contribution in [0.4, 0.5) is 5.69 Å². The molecule has 0 atom stereocenters. The summed E-state index contributed by atoms with van der Waals surface area (Å²) >= 11 is 1.59. The van der Waals surface area contributed by atoms with E-state index in [9.17, 15) is 0 Å². The van der Waals surface area contributed by atoms with E-state index in [-0.39, 0.29) is 0 Å². The molecule has 0 saturated carbocycles. The van der Waals surface area contributed by atoms with Gasteiger partial charge in [0.05, 0.1) is 10.2 Å². The van der Waals surface area contributed by atoms with Gasteiger partial charge in [0.25, 0.3) is 0 Å². The lowest BCUT2D eigenvalue weighted by Crippen LogP contribution is -1.94. The molecule has 3 aromatic rings. The lowest BCUT2D eigenvalue weighted by Gasteiger charge is -2.10. The Morgan fingerprint density at radius 1 is 1.10 bits per heavy atom. The van der Waals surface area contributed by atoms with Gasteiger partial charge in [0.1, 0.15) is 17.0 Å². The van der Waals surface area contributed by atoms with Crippen LogP contribution in [-0.4, -0.2) is 4.98 Å². The maximum atomic E-state index is 6.14. The van der Waals surface area contributed by atoms with Gasteiger partial charge >= 0.3 is 0 Å². The lowest BCUT2D eigenvalue weighted by atomic mass is 10.1. The second kappa shape index (κ2) is 4.49. The second-order valence-electron chi connectivity index (χ2n) is 5.06. The van der Waals surface area contributed by atoms with Gasteiger partial charge < -0.3 is 10.5 Å². The van der Waals surface area contributed by atoms with Crippen LogP contribution < -0.4 is 10.5 Å². The fourth-order valence-electron chi connectivity index (χ4n) is 2.76. The highest BCUT2D eigenvalue weighted by Gasteiger charge is 2.13. The summed E-state index contributed by atoms with van der Waals surface area (Å²) in [7, 11) is 0. The number of fused-ring (bicyclic) bond motifs is 2. The Morgan fingerprint density at radius 2 is 2.00 bits per heavy atom. The number of anilines is 1. The summed E-state index contributed by atoms with van der Waals surface area (Å²) < 4.78 is 7.04. The minimum atomic E-state index is 0.615. The first-order valence-electron chi connectivity index (χ1n) is 6.72. The molecule has 4 heteroatoms. The molecule has 0 aliphatic heterocycles. The van der Waals surface area contributed by atoms with E-state index in [1.54, 1.807) is 16.8 Å². The van der Waals surface area contributed by atoms with Crippen molar-refractivity contribution < 1.29 is 4.74 Å². The van der Waals surface area contributed by atoms with Gasteiger partial charge in [0.2, 0.25) is 0 Å². The van der Waals surface area contributed by atoms with E-state index in [0.29, 0.717) is 11.4 Å². The summed E-state index contributed by atoms with van der Waals surface area (Å²) in [6.07, 6.45) is 3.57. The van der Waals surface area contributed by atoms with Gasteiger partial charge in [-0.05, 0) is 54.7 Å². The van der Waals surface area contributed by atoms with Gasteiger partial charge in [-0.25, -0.2) is 4.98 Å². The number of thiazole rings is 1. The van der Waals surface area contributed by atoms with E-state index in [4.69, 9.17) is 10.5 Å². The van der Waals surface area contributed by atoms with E-state index < -0.39 is 0 Å². The van der Waals surface area contributed by atoms with Crippen LogP contribution in [0.15, 0.2) is 35.8 Å². The fraction of sp³-hybridized carbons (Fsp3) is 0.188. The first-order valence-corrected chi connectivity index (χ1v) is 7.60. The van der Waals surface area contributed by atoms with Crippen molar-refractivity contribution >= 4 is 27.2 Å². The molecule has 0 fully saturated rings. The Bertz CT molecular complexity index is 794. The number of aromatic nitrogens is 1. The van der Waals surface area contributed by atoms with Crippen molar-refractivity contribution in [2.75, 3.05) is 5.73 Å². The van der Waals surface area contributed by atoms with Crippen molar-refractivity contribution in [2.45, 2.75) is 19.3 Å². The van der Waals surface area contributed by atoms with Gasteiger partial charge in [-0.3, -0.25) is 0 Å². The van der Waals surface area contributed by atoms with Crippen molar-refractivity contribution in [1.29, 1.82) is 0 Å². The van der Waals surface area contributed by atoms with E-state index in [0.717, 1.165) is 22.4 Å². The van der Waals surface area contributed by atoms with E-state index in [1.165, 1.54) is 24.0 Å². The predicted molar refractivity (Wildman–Crippen MR) is 82.6 cm³/mol. The summed E-state index contributed by atoms with van der Waals surface area (Å²) in [5, 5.41) is 0. The molecule has 0 unspecified atom stereocenters. The summed E-state index contributed by atoms with van der Waals surface area (Å²) in [4.78, 5) is 4.29. The number of nitrogens with zero attached hydrogens (tertiary/aromatic N) is 1. The first-order chi connectivity index (χ1) is 9.81. The van der Waals surface area contributed by atoms with Crippen LogP contribution in [0.1, 0.15) is 17.5 Å². The Kier molecular flexibility index (Phi) is 2.63. The minimum Gasteiger partial charge on any atom is -0.455 e. The number of ether oxygens (including phenoxy) is 1. The van der Waals surface area contributed by atoms with Crippen LogP contribution >= 0.6 is 11.3 Å². The third-order valence-electron chi connectivity index (χ3n) is 3.80. The van der Waals surface area contributed by atoms with Gasteiger partial charge in [-0.15, -0.1) is 11.3 Å². The third-order valence-corrected chi connectivity index (χ3v) is 4.59. The highest BCUT2D eigenvalue weighted by Crippen LogP contribution is 2.35. The van der Waals surface area contributed by atoms with Crippen molar-refractivity contribution in [3.8, 4) is 11.5 Å². The minimum absolute atomic E-state index is 0.615. The summed E-state index contributed by atoms with van der Waals surface area (Å²) in [6, 6.07) is 10.2. The predicted octanol–water partition coefficient (Wildman–Crippen LogP) is 4.16. The molecule has 1 heterocycles. The zero-order valence-electron chi connectivity index (χ0n) is 10.9. The molecule has 100 valence electrons. The van der Waals surface area contributed by atoms with Gasteiger partial charge in [-0.1, -0.05) is 6.07 Å². The number of rotatable bonds is 2. The molecule has 2 N–H and O–H groups in total. The largest absolute Gasteiger partial charge is 0.455 e. The first kappa shape index (κ1) is 11.7. The topological polar surface area (TPSA) is 48.1 Å². The Hall–Kier alpha value is -2.07. The average Bonchev–Trinajstić information content (AvgIpc) is 3.10. The summed E-state index contributed by atoms with van der Waals surface area (Å²) in [5.41, 5.74) is 12.2. The van der Waals surface area contributed by atoms with Crippen molar-refractivity contribution in [3.05, 3.63) is 47.0 Å². The number of hydrogen-bond donors (Lipinski definition) is 1. The van der Waals surface area contributed by atoms with Crippen LogP contribution in [0.2, 0.25) is 0 Å². The van der Waals surface area contributed by atoms with Gasteiger partial charge in [-0.2, -0.15) is 0 Å². The van der Waals surface area contributed by atoms with Crippen LogP contribution in [0.3, 0.4) is 0 Å². The van der Waals surface area contributed by atoms with Crippen molar-refractivity contribution in [3.63, 3.8) is 0 Å².